The van der Waals surface area contributed by atoms with Crippen molar-refractivity contribution < 1.29 is 15.0 Å². The van der Waals surface area contributed by atoms with Crippen molar-refractivity contribution in [1.82, 2.24) is 0 Å². The van der Waals surface area contributed by atoms with Gasteiger partial charge in [0.05, 0.1) is 21.3 Å². The molecule has 1 N–H and O–H groups in total. The number of aliphatic hydroxyl groups is 1. The lowest BCUT2D eigenvalue weighted by Gasteiger charge is -2.07. The lowest BCUT2D eigenvalue weighted by molar-refractivity contribution is -0.393. The summed E-state index contributed by atoms with van der Waals surface area (Å²) in [5.41, 5.74) is -0.322. The van der Waals surface area contributed by atoms with E-state index in [4.69, 9.17) is 5.11 Å². The van der Waals surface area contributed by atoms with E-state index in [-0.39, 0.29) is 24.4 Å². The number of hydrogen-bond donors (Lipinski definition) is 1. The smallest absolute Gasteiger partial charge is 0.284 e. The molecular formula is C12H10N2O5. The zero-order valence-corrected chi connectivity index (χ0v) is 9.78. The molecule has 0 aliphatic carbocycles. The van der Waals surface area contributed by atoms with E-state index in [1.165, 1.54) is 6.07 Å². The second-order valence-corrected chi connectivity index (χ2v) is 3.93. The minimum absolute atomic E-state index is 0.0782. The van der Waals surface area contributed by atoms with Gasteiger partial charge in [0, 0.05) is 18.6 Å². The molecular weight excluding hydrogens is 252 g/mol. The first kappa shape index (κ1) is 12.9. The zero-order valence-electron chi connectivity index (χ0n) is 9.78. The summed E-state index contributed by atoms with van der Waals surface area (Å²) in [4.78, 5) is 20.7. The molecule has 98 valence electrons. The van der Waals surface area contributed by atoms with Gasteiger partial charge in [0.1, 0.15) is 0 Å². The standard InChI is InChI=1S/C12H10N2O5/c15-6-5-10-8-3-1-2-4-9(8)11(13(16)17)7-12(10)14(18)19/h1-4,7,15H,5-6H2. The Morgan fingerprint density at radius 2 is 1.58 bits per heavy atom. The molecule has 0 saturated carbocycles. The number of hydrogen-bond acceptors (Lipinski definition) is 5. The molecule has 7 nitrogen and oxygen atoms in total. The molecule has 0 atom stereocenters. The number of non-ortho nitro benzene ring substituents is 1. The van der Waals surface area contributed by atoms with E-state index in [1.807, 2.05) is 0 Å². The van der Waals surface area contributed by atoms with Crippen LogP contribution in [0, 0.1) is 20.2 Å². The van der Waals surface area contributed by atoms with Crippen LogP contribution in [0.2, 0.25) is 0 Å². The van der Waals surface area contributed by atoms with E-state index in [1.54, 1.807) is 18.2 Å². The molecule has 0 radical (unpaired) electrons. The second-order valence-electron chi connectivity index (χ2n) is 3.93. The van der Waals surface area contributed by atoms with Crippen LogP contribution in [0.4, 0.5) is 11.4 Å². The molecule has 2 aromatic rings. The Bertz CT molecular complexity index is 668. The van der Waals surface area contributed by atoms with Crippen LogP contribution in [0.25, 0.3) is 10.8 Å². The van der Waals surface area contributed by atoms with Crippen LogP contribution >= 0.6 is 0 Å². The second kappa shape index (κ2) is 4.99. The lowest BCUT2D eigenvalue weighted by atomic mass is 9.99. The Balaban J connectivity index is 2.89. The maximum atomic E-state index is 11.0. The van der Waals surface area contributed by atoms with Crippen molar-refractivity contribution >= 4 is 22.1 Å². The first-order chi connectivity index (χ1) is 9.06. The fourth-order valence-electron chi connectivity index (χ4n) is 2.09. The highest BCUT2D eigenvalue weighted by Crippen LogP contribution is 2.35. The molecule has 2 rings (SSSR count). The van der Waals surface area contributed by atoms with Gasteiger partial charge in [-0.05, 0) is 11.5 Å². The molecule has 0 unspecified atom stereocenters. The van der Waals surface area contributed by atoms with Gasteiger partial charge in [-0.2, -0.15) is 0 Å². The van der Waals surface area contributed by atoms with Crippen LogP contribution in [0.15, 0.2) is 30.3 Å². The fraction of sp³-hybridized carbons (Fsp3) is 0.167. The summed E-state index contributed by atoms with van der Waals surface area (Å²) in [5, 5.41) is 31.8. The van der Waals surface area contributed by atoms with Gasteiger partial charge < -0.3 is 5.11 Å². The lowest BCUT2D eigenvalue weighted by Crippen LogP contribution is -2.02. The van der Waals surface area contributed by atoms with Crippen molar-refractivity contribution in [3.8, 4) is 0 Å². The van der Waals surface area contributed by atoms with Gasteiger partial charge in [0.25, 0.3) is 11.4 Å². The predicted octanol–water partition coefficient (Wildman–Crippen LogP) is 2.19. The maximum Gasteiger partial charge on any atom is 0.284 e. The SMILES string of the molecule is O=[N+]([O-])c1cc([N+](=O)[O-])c2ccccc2c1CCO. The Morgan fingerprint density at radius 1 is 1.00 bits per heavy atom. The Hall–Kier alpha value is -2.54. The van der Waals surface area contributed by atoms with Gasteiger partial charge >= 0.3 is 0 Å². The molecule has 0 spiro atoms. The predicted molar refractivity (Wildman–Crippen MR) is 68.0 cm³/mol. The van der Waals surface area contributed by atoms with Gasteiger partial charge in [0.2, 0.25) is 0 Å². The van der Waals surface area contributed by atoms with Crippen molar-refractivity contribution in [3.63, 3.8) is 0 Å². The van der Waals surface area contributed by atoms with E-state index in [0.717, 1.165) is 6.07 Å². The van der Waals surface area contributed by atoms with Gasteiger partial charge in [0.15, 0.2) is 0 Å². The van der Waals surface area contributed by atoms with E-state index < -0.39 is 9.85 Å². The number of nitro groups is 2. The molecule has 0 aliphatic heterocycles. The molecule has 0 amide bonds. The summed E-state index contributed by atoms with van der Waals surface area (Å²) >= 11 is 0. The van der Waals surface area contributed by atoms with Gasteiger partial charge in [-0.25, -0.2) is 0 Å². The first-order valence-corrected chi connectivity index (χ1v) is 5.50. The Labute approximate surface area is 107 Å². The number of benzene rings is 2. The highest BCUT2D eigenvalue weighted by Gasteiger charge is 2.24. The fourth-order valence-corrected chi connectivity index (χ4v) is 2.09. The van der Waals surface area contributed by atoms with Gasteiger partial charge in [-0.3, -0.25) is 20.2 Å². The largest absolute Gasteiger partial charge is 0.396 e. The Morgan fingerprint density at radius 3 is 2.11 bits per heavy atom. The number of nitro benzene ring substituents is 2. The number of rotatable bonds is 4. The quantitative estimate of drug-likeness (QED) is 0.671. The minimum Gasteiger partial charge on any atom is -0.396 e. The van der Waals surface area contributed by atoms with Crippen molar-refractivity contribution in [2.24, 2.45) is 0 Å². The third-order valence-corrected chi connectivity index (χ3v) is 2.87. The number of fused-ring (bicyclic) bond motifs is 1. The van der Waals surface area contributed by atoms with E-state index >= 15 is 0 Å². The van der Waals surface area contributed by atoms with Crippen LogP contribution in [0.1, 0.15) is 5.56 Å². The van der Waals surface area contributed by atoms with Crippen LogP contribution < -0.4 is 0 Å². The molecule has 0 fully saturated rings. The molecule has 19 heavy (non-hydrogen) atoms. The summed E-state index contributed by atoms with van der Waals surface area (Å²) < 4.78 is 0. The summed E-state index contributed by atoms with van der Waals surface area (Å²) in [6.07, 6.45) is 0.0782. The summed E-state index contributed by atoms with van der Waals surface area (Å²) in [7, 11) is 0. The van der Waals surface area contributed by atoms with E-state index in [9.17, 15) is 20.2 Å². The van der Waals surface area contributed by atoms with E-state index in [0.29, 0.717) is 16.3 Å². The van der Waals surface area contributed by atoms with E-state index in [2.05, 4.69) is 0 Å². The van der Waals surface area contributed by atoms with Gasteiger partial charge in [-0.1, -0.05) is 18.2 Å². The van der Waals surface area contributed by atoms with Crippen molar-refractivity contribution in [3.05, 3.63) is 56.1 Å². The van der Waals surface area contributed by atoms with Crippen LogP contribution in [-0.4, -0.2) is 21.6 Å². The summed E-state index contributed by atoms with van der Waals surface area (Å²) in [6, 6.07) is 7.35. The highest BCUT2D eigenvalue weighted by atomic mass is 16.6. The molecule has 2 aromatic carbocycles. The summed E-state index contributed by atoms with van der Waals surface area (Å²) in [6.45, 7) is -0.261. The molecule has 0 aliphatic rings. The van der Waals surface area contributed by atoms with Crippen molar-refractivity contribution in [2.75, 3.05) is 6.61 Å². The maximum absolute atomic E-state index is 11.0. The van der Waals surface area contributed by atoms with Gasteiger partial charge in [-0.15, -0.1) is 0 Å². The molecule has 0 bridgehead atoms. The van der Waals surface area contributed by atoms with Crippen LogP contribution in [0.3, 0.4) is 0 Å². The summed E-state index contributed by atoms with van der Waals surface area (Å²) in [5.74, 6) is 0. The van der Waals surface area contributed by atoms with Crippen LogP contribution in [-0.2, 0) is 6.42 Å². The normalized spacial score (nSPS) is 10.6. The topological polar surface area (TPSA) is 107 Å². The van der Waals surface area contributed by atoms with Crippen LogP contribution in [0.5, 0.6) is 0 Å². The average molecular weight is 262 g/mol. The molecule has 0 saturated heterocycles. The average Bonchev–Trinajstić information content (AvgIpc) is 2.38. The third-order valence-electron chi connectivity index (χ3n) is 2.87. The highest BCUT2D eigenvalue weighted by molar-refractivity contribution is 5.96. The monoisotopic (exact) mass is 262 g/mol. The minimum atomic E-state index is -0.662. The molecule has 0 heterocycles. The zero-order chi connectivity index (χ0) is 14.0. The first-order valence-electron chi connectivity index (χ1n) is 5.50. The Kier molecular flexibility index (Phi) is 3.39. The number of nitrogens with zero attached hydrogens (tertiary/aromatic N) is 2. The molecule has 0 aromatic heterocycles. The van der Waals surface area contributed by atoms with Crippen molar-refractivity contribution in [2.45, 2.75) is 6.42 Å². The number of aliphatic hydroxyl groups excluding tert-OH is 1. The third kappa shape index (κ3) is 2.23. The van der Waals surface area contributed by atoms with Crippen molar-refractivity contribution in [1.29, 1.82) is 0 Å². The molecule has 7 heteroatoms.